The van der Waals surface area contributed by atoms with Gasteiger partial charge in [-0.25, -0.2) is 0 Å². The molecule has 22 heavy (non-hydrogen) atoms. The third-order valence-corrected chi connectivity index (χ3v) is 3.33. The second-order valence-electron chi connectivity index (χ2n) is 4.58. The van der Waals surface area contributed by atoms with Gasteiger partial charge in [-0.3, -0.25) is 14.4 Å². The van der Waals surface area contributed by atoms with Gasteiger partial charge in [0.05, 0.1) is 12.5 Å². The molecule has 1 amide bonds. The van der Waals surface area contributed by atoms with Crippen molar-refractivity contribution in [3.63, 3.8) is 0 Å². The first kappa shape index (κ1) is 15.8. The zero-order valence-corrected chi connectivity index (χ0v) is 12.1. The fourth-order valence-electron chi connectivity index (χ4n) is 1.98. The molecule has 7 heteroatoms. The first-order valence-corrected chi connectivity index (χ1v) is 6.81. The van der Waals surface area contributed by atoms with Gasteiger partial charge in [-0.05, 0) is 11.6 Å². The molecule has 114 valence electrons. The summed E-state index contributed by atoms with van der Waals surface area (Å²) in [7, 11) is 0. The van der Waals surface area contributed by atoms with E-state index in [0.717, 1.165) is 6.07 Å². The maximum atomic E-state index is 12.2. The number of pyridine rings is 1. The second kappa shape index (κ2) is 6.91. The number of aliphatic carboxylic acids is 1. The van der Waals surface area contributed by atoms with E-state index in [9.17, 15) is 14.4 Å². The molecule has 1 aromatic heterocycles. The molecule has 1 unspecified atom stereocenters. The van der Waals surface area contributed by atoms with Crippen molar-refractivity contribution in [2.75, 3.05) is 0 Å². The van der Waals surface area contributed by atoms with Crippen molar-refractivity contribution < 1.29 is 14.7 Å². The Morgan fingerprint density at radius 3 is 2.64 bits per heavy atom. The topological polar surface area (TPSA) is 99.3 Å². The number of H-pyrrole nitrogens is 1. The molecule has 2 rings (SSSR count). The first-order chi connectivity index (χ1) is 10.5. The van der Waals surface area contributed by atoms with Crippen LogP contribution in [0.5, 0.6) is 0 Å². The number of hydrogen-bond acceptors (Lipinski definition) is 3. The van der Waals surface area contributed by atoms with E-state index in [4.69, 9.17) is 16.7 Å². The Morgan fingerprint density at radius 2 is 2.00 bits per heavy atom. The number of amides is 1. The molecule has 1 aromatic carbocycles. The van der Waals surface area contributed by atoms with Crippen LogP contribution in [0.15, 0.2) is 47.4 Å². The maximum absolute atomic E-state index is 12.2. The molecule has 0 saturated carbocycles. The standard InChI is InChI=1S/C15H13ClN2O4/c16-11-4-2-1-3-10(11)12(8-14(20)21)18-15(22)13-7-9(19)5-6-17-13/h1-7,12H,8H2,(H,17,19)(H,18,22)(H,20,21). The summed E-state index contributed by atoms with van der Waals surface area (Å²) in [6.45, 7) is 0. The first-order valence-electron chi connectivity index (χ1n) is 6.43. The summed E-state index contributed by atoms with van der Waals surface area (Å²) < 4.78 is 0. The molecule has 3 N–H and O–H groups in total. The highest BCUT2D eigenvalue weighted by atomic mass is 35.5. The maximum Gasteiger partial charge on any atom is 0.305 e. The van der Waals surface area contributed by atoms with Crippen LogP contribution in [0.25, 0.3) is 0 Å². The Hall–Kier alpha value is -2.60. The van der Waals surface area contributed by atoms with E-state index in [2.05, 4.69) is 10.3 Å². The number of benzene rings is 1. The molecular formula is C15H13ClN2O4. The Morgan fingerprint density at radius 1 is 1.27 bits per heavy atom. The van der Waals surface area contributed by atoms with Crippen LogP contribution in [0.4, 0.5) is 0 Å². The van der Waals surface area contributed by atoms with Crippen LogP contribution >= 0.6 is 11.6 Å². The van der Waals surface area contributed by atoms with Crippen LogP contribution in [0.2, 0.25) is 5.02 Å². The monoisotopic (exact) mass is 320 g/mol. The molecule has 1 atom stereocenters. The Bertz CT molecular complexity index is 757. The largest absolute Gasteiger partial charge is 0.481 e. The lowest BCUT2D eigenvalue weighted by Crippen LogP contribution is -2.31. The quantitative estimate of drug-likeness (QED) is 0.784. The van der Waals surface area contributed by atoms with E-state index in [1.807, 2.05) is 0 Å². The number of rotatable bonds is 5. The normalized spacial score (nSPS) is 11.7. The van der Waals surface area contributed by atoms with Gasteiger partial charge in [0, 0.05) is 23.4 Å². The van der Waals surface area contributed by atoms with E-state index in [1.165, 1.54) is 12.3 Å². The van der Waals surface area contributed by atoms with E-state index in [-0.39, 0.29) is 17.5 Å². The Labute approximate surface area is 130 Å². The lowest BCUT2D eigenvalue weighted by Gasteiger charge is -2.18. The van der Waals surface area contributed by atoms with Gasteiger partial charge in [-0.1, -0.05) is 29.8 Å². The summed E-state index contributed by atoms with van der Waals surface area (Å²) in [6, 6.07) is 8.28. The molecule has 0 aliphatic rings. The fourth-order valence-corrected chi connectivity index (χ4v) is 2.25. The van der Waals surface area contributed by atoms with E-state index in [1.54, 1.807) is 24.3 Å². The van der Waals surface area contributed by atoms with E-state index >= 15 is 0 Å². The molecule has 0 spiro atoms. The zero-order chi connectivity index (χ0) is 16.1. The Kier molecular flexibility index (Phi) is 4.95. The molecule has 0 aliphatic heterocycles. The van der Waals surface area contributed by atoms with Gasteiger partial charge in [0.1, 0.15) is 5.69 Å². The number of carbonyl (C=O) groups excluding carboxylic acids is 1. The van der Waals surface area contributed by atoms with Crippen LogP contribution < -0.4 is 10.7 Å². The van der Waals surface area contributed by atoms with Gasteiger partial charge in [0.15, 0.2) is 5.43 Å². The average molecular weight is 321 g/mol. The van der Waals surface area contributed by atoms with Crippen molar-refractivity contribution in [2.24, 2.45) is 0 Å². The number of hydrogen-bond donors (Lipinski definition) is 3. The number of nitrogens with one attached hydrogen (secondary N) is 2. The minimum absolute atomic E-state index is 0.0509. The molecule has 0 bridgehead atoms. The highest BCUT2D eigenvalue weighted by molar-refractivity contribution is 6.31. The molecular weight excluding hydrogens is 308 g/mol. The minimum Gasteiger partial charge on any atom is -0.481 e. The van der Waals surface area contributed by atoms with Crippen molar-refractivity contribution >= 4 is 23.5 Å². The zero-order valence-electron chi connectivity index (χ0n) is 11.4. The van der Waals surface area contributed by atoms with Crippen molar-refractivity contribution in [1.82, 2.24) is 10.3 Å². The SMILES string of the molecule is O=C(O)CC(NC(=O)c1cc(=O)cc[nH]1)c1ccccc1Cl. The van der Waals surface area contributed by atoms with Crippen molar-refractivity contribution in [1.29, 1.82) is 0 Å². The predicted molar refractivity (Wildman–Crippen MR) is 81.0 cm³/mol. The summed E-state index contributed by atoms with van der Waals surface area (Å²) in [6.07, 6.45) is 1.02. The number of carboxylic acid groups (broad SMARTS) is 1. The minimum atomic E-state index is -1.08. The molecule has 1 heterocycles. The summed E-state index contributed by atoms with van der Waals surface area (Å²) in [4.78, 5) is 37.1. The number of carbonyl (C=O) groups is 2. The summed E-state index contributed by atoms with van der Waals surface area (Å²) in [5, 5.41) is 11.9. The average Bonchev–Trinajstić information content (AvgIpc) is 2.46. The van der Waals surface area contributed by atoms with Crippen LogP contribution in [0, 0.1) is 0 Å². The van der Waals surface area contributed by atoms with Crippen LogP contribution in [-0.4, -0.2) is 22.0 Å². The molecule has 0 aliphatic carbocycles. The predicted octanol–water partition coefficient (Wildman–Crippen LogP) is 1.97. The molecule has 2 aromatic rings. The van der Waals surface area contributed by atoms with Gasteiger partial charge >= 0.3 is 5.97 Å². The number of aromatic nitrogens is 1. The summed E-state index contributed by atoms with van der Waals surface area (Å²) in [5.41, 5.74) is 0.226. The fraction of sp³-hybridized carbons (Fsp3) is 0.133. The van der Waals surface area contributed by atoms with Crippen LogP contribution in [-0.2, 0) is 4.79 Å². The van der Waals surface area contributed by atoms with E-state index in [0.29, 0.717) is 10.6 Å². The molecule has 0 radical (unpaired) electrons. The molecule has 6 nitrogen and oxygen atoms in total. The molecule has 0 saturated heterocycles. The number of carboxylic acids is 1. The molecule has 0 fully saturated rings. The van der Waals surface area contributed by atoms with Crippen LogP contribution in [0.1, 0.15) is 28.5 Å². The Balaban J connectivity index is 2.27. The lowest BCUT2D eigenvalue weighted by atomic mass is 10.0. The van der Waals surface area contributed by atoms with Gasteiger partial charge < -0.3 is 15.4 Å². The summed E-state index contributed by atoms with van der Waals surface area (Å²) in [5.74, 6) is -1.66. The van der Waals surface area contributed by atoms with E-state index < -0.39 is 17.9 Å². The van der Waals surface area contributed by atoms with Crippen molar-refractivity contribution in [3.05, 3.63) is 69.1 Å². The van der Waals surface area contributed by atoms with Crippen molar-refractivity contribution in [2.45, 2.75) is 12.5 Å². The highest BCUT2D eigenvalue weighted by Gasteiger charge is 2.21. The van der Waals surface area contributed by atoms with Gasteiger partial charge in [0.2, 0.25) is 0 Å². The lowest BCUT2D eigenvalue weighted by molar-refractivity contribution is -0.137. The third kappa shape index (κ3) is 3.95. The van der Waals surface area contributed by atoms with Crippen LogP contribution in [0.3, 0.4) is 0 Å². The van der Waals surface area contributed by atoms with Gasteiger partial charge in [-0.2, -0.15) is 0 Å². The second-order valence-corrected chi connectivity index (χ2v) is 4.99. The number of halogens is 1. The van der Waals surface area contributed by atoms with Gasteiger partial charge in [0.25, 0.3) is 5.91 Å². The van der Waals surface area contributed by atoms with Gasteiger partial charge in [-0.15, -0.1) is 0 Å². The summed E-state index contributed by atoms with van der Waals surface area (Å²) >= 11 is 6.06. The highest BCUT2D eigenvalue weighted by Crippen LogP contribution is 2.25. The number of aromatic amines is 1. The van der Waals surface area contributed by atoms with Crippen molar-refractivity contribution in [3.8, 4) is 0 Å². The smallest absolute Gasteiger partial charge is 0.305 e. The third-order valence-electron chi connectivity index (χ3n) is 2.98.